The lowest BCUT2D eigenvalue weighted by atomic mass is 9.93. The Hall–Kier alpha value is -2.82. The van der Waals surface area contributed by atoms with Gasteiger partial charge in [0.1, 0.15) is 0 Å². The van der Waals surface area contributed by atoms with Gasteiger partial charge < -0.3 is 9.88 Å². The summed E-state index contributed by atoms with van der Waals surface area (Å²) in [5, 5.41) is 0. The summed E-state index contributed by atoms with van der Waals surface area (Å²) in [4.78, 5) is 30.4. The van der Waals surface area contributed by atoms with Crippen LogP contribution in [0.3, 0.4) is 0 Å². The molecule has 1 aromatic heterocycles. The van der Waals surface area contributed by atoms with E-state index in [1.165, 1.54) is 0 Å². The Morgan fingerprint density at radius 1 is 1.07 bits per heavy atom. The van der Waals surface area contributed by atoms with Crippen molar-refractivity contribution >= 4 is 16.9 Å². The summed E-state index contributed by atoms with van der Waals surface area (Å²) in [6, 6.07) is 17.9. The summed E-state index contributed by atoms with van der Waals surface area (Å²) in [6.07, 6.45) is 2.40. The maximum Gasteiger partial charge on any atom is 0.326 e. The molecule has 1 fully saturated rings. The third-order valence-electron chi connectivity index (χ3n) is 5.67. The van der Waals surface area contributed by atoms with Crippen LogP contribution in [0.25, 0.3) is 11.0 Å². The third kappa shape index (κ3) is 3.29. The lowest BCUT2D eigenvalue weighted by molar-refractivity contribution is -0.134. The zero-order chi connectivity index (χ0) is 18.8. The molecule has 0 aliphatic carbocycles. The van der Waals surface area contributed by atoms with Gasteiger partial charge in [-0.1, -0.05) is 49.4 Å². The van der Waals surface area contributed by atoms with Gasteiger partial charge in [-0.3, -0.25) is 9.36 Å². The Morgan fingerprint density at radius 2 is 1.74 bits per heavy atom. The number of carbonyl (C=O) groups is 1. The number of aromatic nitrogens is 2. The minimum Gasteiger partial charge on any atom is -0.342 e. The van der Waals surface area contributed by atoms with E-state index in [-0.39, 0.29) is 23.6 Å². The summed E-state index contributed by atoms with van der Waals surface area (Å²) in [6.45, 7) is 3.45. The number of H-pyrrole nitrogens is 1. The lowest BCUT2D eigenvalue weighted by Crippen LogP contribution is -2.42. The standard InChI is InChI=1S/C22H25N3O2/c1-2-18(16-8-4-3-5-9-16)21(26)24-14-12-17(13-15-24)25-20-11-7-6-10-19(20)23-22(25)27/h3-11,17-18H,2,12-15H2,1H3,(H,23,27). The van der Waals surface area contributed by atoms with Crippen LogP contribution in [0.1, 0.15) is 43.7 Å². The molecule has 1 amide bonds. The maximum atomic E-state index is 13.1. The van der Waals surface area contributed by atoms with Crippen LogP contribution >= 0.6 is 0 Å². The van der Waals surface area contributed by atoms with Crippen molar-refractivity contribution in [2.45, 2.75) is 38.1 Å². The van der Waals surface area contributed by atoms with Crippen molar-refractivity contribution in [2.75, 3.05) is 13.1 Å². The summed E-state index contributed by atoms with van der Waals surface area (Å²) in [7, 11) is 0. The molecule has 2 heterocycles. The number of rotatable bonds is 4. The summed E-state index contributed by atoms with van der Waals surface area (Å²) >= 11 is 0. The molecular formula is C22H25N3O2. The van der Waals surface area contributed by atoms with Crippen LogP contribution in [-0.2, 0) is 4.79 Å². The molecule has 2 aromatic carbocycles. The highest BCUT2D eigenvalue weighted by atomic mass is 16.2. The fourth-order valence-corrected chi connectivity index (χ4v) is 4.24. The maximum absolute atomic E-state index is 13.1. The molecule has 140 valence electrons. The van der Waals surface area contributed by atoms with Gasteiger partial charge in [-0.05, 0) is 37.0 Å². The molecule has 0 bridgehead atoms. The van der Waals surface area contributed by atoms with E-state index in [0.29, 0.717) is 13.1 Å². The fraction of sp³-hybridized carbons (Fsp3) is 0.364. The highest BCUT2D eigenvalue weighted by Crippen LogP contribution is 2.28. The molecule has 5 nitrogen and oxygen atoms in total. The first-order valence-electron chi connectivity index (χ1n) is 9.72. The van der Waals surface area contributed by atoms with Gasteiger partial charge in [0.05, 0.1) is 17.0 Å². The molecule has 5 heteroatoms. The number of benzene rings is 2. The largest absolute Gasteiger partial charge is 0.342 e. The van der Waals surface area contributed by atoms with Gasteiger partial charge in [0.2, 0.25) is 5.91 Å². The smallest absolute Gasteiger partial charge is 0.326 e. The number of aromatic amines is 1. The van der Waals surface area contributed by atoms with Gasteiger partial charge in [0, 0.05) is 19.1 Å². The quantitative estimate of drug-likeness (QED) is 0.769. The van der Waals surface area contributed by atoms with E-state index < -0.39 is 0 Å². The number of nitrogens with one attached hydrogen (secondary N) is 1. The number of carbonyl (C=O) groups excluding carboxylic acids is 1. The molecule has 1 aliphatic heterocycles. The molecule has 1 N–H and O–H groups in total. The van der Waals surface area contributed by atoms with Crippen LogP contribution in [0, 0.1) is 0 Å². The Kier molecular flexibility index (Phi) is 4.84. The molecule has 3 aromatic rings. The van der Waals surface area contributed by atoms with Crippen molar-refractivity contribution in [3.8, 4) is 0 Å². The topological polar surface area (TPSA) is 58.1 Å². The van der Waals surface area contributed by atoms with Crippen LogP contribution < -0.4 is 5.69 Å². The molecule has 1 atom stereocenters. The van der Waals surface area contributed by atoms with Crippen LogP contribution in [0.5, 0.6) is 0 Å². The Bertz CT molecular complexity index is 981. The van der Waals surface area contributed by atoms with E-state index in [4.69, 9.17) is 0 Å². The van der Waals surface area contributed by atoms with E-state index in [0.717, 1.165) is 35.9 Å². The zero-order valence-corrected chi connectivity index (χ0v) is 15.6. The van der Waals surface area contributed by atoms with Crippen LogP contribution in [-0.4, -0.2) is 33.4 Å². The van der Waals surface area contributed by atoms with Gasteiger partial charge in [-0.2, -0.15) is 0 Å². The first kappa shape index (κ1) is 17.6. The number of imidazole rings is 1. The van der Waals surface area contributed by atoms with Crippen molar-refractivity contribution in [3.05, 3.63) is 70.6 Å². The van der Waals surface area contributed by atoms with E-state index in [9.17, 15) is 9.59 Å². The average molecular weight is 363 g/mol. The average Bonchev–Trinajstić information content (AvgIpc) is 3.05. The molecule has 0 spiro atoms. The Morgan fingerprint density at radius 3 is 2.44 bits per heavy atom. The normalized spacial score (nSPS) is 16.6. The lowest BCUT2D eigenvalue weighted by Gasteiger charge is -2.34. The number of para-hydroxylation sites is 2. The van der Waals surface area contributed by atoms with Gasteiger partial charge in [-0.15, -0.1) is 0 Å². The van der Waals surface area contributed by atoms with Crippen molar-refractivity contribution in [1.29, 1.82) is 0 Å². The highest BCUT2D eigenvalue weighted by molar-refractivity contribution is 5.83. The number of hydrogen-bond acceptors (Lipinski definition) is 2. The summed E-state index contributed by atoms with van der Waals surface area (Å²) in [5.41, 5.74) is 2.84. The molecule has 1 unspecified atom stereocenters. The Balaban J connectivity index is 1.49. The van der Waals surface area contributed by atoms with Crippen molar-refractivity contribution in [2.24, 2.45) is 0 Å². The number of hydrogen-bond donors (Lipinski definition) is 1. The molecule has 1 saturated heterocycles. The number of likely N-dealkylation sites (tertiary alicyclic amines) is 1. The monoisotopic (exact) mass is 363 g/mol. The second kappa shape index (κ2) is 7.43. The van der Waals surface area contributed by atoms with Gasteiger partial charge in [0.25, 0.3) is 0 Å². The molecule has 0 radical (unpaired) electrons. The van der Waals surface area contributed by atoms with Crippen LogP contribution in [0.4, 0.5) is 0 Å². The fourth-order valence-electron chi connectivity index (χ4n) is 4.24. The summed E-state index contributed by atoms with van der Waals surface area (Å²) < 4.78 is 1.87. The second-order valence-electron chi connectivity index (χ2n) is 7.25. The van der Waals surface area contributed by atoms with Gasteiger partial charge >= 0.3 is 5.69 Å². The van der Waals surface area contributed by atoms with Gasteiger partial charge in [-0.25, -0.2) is 4.79 Å². The molecule has 0 saturated carbocycles. The molecule has 27 heavy (non-hydrogen) atoms. The first-order chi connectivity index (χ1) is 13.2. The number of amides is 1. The van der Waals surface area contributed by atoms with E-state index in [1.807, 2.05) is 64.1 Å². The third-order valence-corrected chi connectivity index (χ3v) is 5.67. The van der Waals surface area contributed by atoms with Crippen LogP contribution in [0.15, 0.2) is 59.4 Å². The Labute approximate surface area is 158 Å². The molecule has 4 rings (SSSR count). The SMILES string of the molecule is CCC(C(=O)N1CCC(n2c(=O)[nH]c3ccccc32)CC1)c1ccccc1. The summed E-state index contributed by atoms with van der Waals surface area (Å²) in [5.74, 6) is 0.118. The predicted molar refractivity (Wildman–Crippen MR) is 107 cm³/mol. The molecular weight excluding hydrogens is 338 g/mol. The second-order valence-corrected chi connectivity index (χ2v) is 7.25. The van der Waals surface area contributed by atoms with E-state index >= 15 is 0 Å². The minimum absolute atomic E-state index is 0.0586. The predicted octanol–water partition coefficient (Wildman–Crippen LogP) is 3.69. The van der Waals surface area contributed by atoms with Gasteiger partial charge in [0.15, 0.2) is 0 Å². The van der Waals surface area contributed by atoms with Crippen molar-refractivity contribution in [1.82, 2.24) is 14.5 Å². The highest BCUT2D eigenvalue weighted by Gasteiger charge is 2.29. The van der Waals surface area contributed by atoms with E-state index in [1.54, 1.807) is 0 Å². The van der Waals surface area contributed by atoms with Crippen LogP contribution in [0.2, 0.25) is 0 Å². The number of nitrogens with zero attached hydrogens (tertiary/aromatic N) is 2. The van der Waals surface area contributed by atoms with E-state index in [2.05, 4.69) is 11.9 Å². The zero-order valence-electron chi connectivity index (χ0n) is 15.6. The molecule has 1 aliphatic rings. The first-order valence-corrected chi connectivity index (χ1v) is 9.72. The number of piperidine rings is 1. The minimum atomic E-state index is -0.0847. The van der Waals surface area contributed by atoms with Crippen molar-refractivity contribution in [3.63, 3.8) is 0 Å². The number of fused-ring (bicyclic) bond motifs is 1. The van der Waals surface area contributed by atoms with Crippen molar-refractivity contribution < 1.29 is 4.79 Å².